The predicted molar refractivity (Wildman–Crippen MR) is 103 cm³/mol. The summed E-state index contributed by atoms with van der Waals surface area (Å²) in [5.41, 5.74) is 1.14. The van der Waals surface area contributed by atoms with Gasteiger partial charge in [0.15, 0.2) is 11.5 Å². The van der Waals surface area contributed by atoms with Gasteiger partial charge in [-0.3, -0.25) is 14.5 Å². The first-order valence-electron chi connectivity index (χ1n) is 8.39. The van der Waals surface area contributed by atoms with Crippen LogP contribution in [-0.4, -0.2) is 43.1 Å². The van der Waals surface area contributed by atoms with Crippen molar-refractivity contribution in [1.82, 2.24) is 4.90 Å². The summed E-state index contributed by atoms with van der Waals surface area (Å²) in [6.07, 6.45) is 0. The Kier molecular flexibility index (Phi) is 5.83. The molecule has 2 aromatic rings. The highest BCUT2D eigenvalue weighted by atomic mass is 35.5. The van der Waals surface area contributed by atoms with E-state index in [0.717, 1.165) is 0 Å². The van der Waals surface area contributed by atoms with Gasteiger partial charge in [-0.25, -0.2) is 0 Å². The summed E-state index contributed by atoms with van der Waals surface area (Å²) >= 11 is 6.04. The maximum Gasteiger partial charge on any atom is 0.241 e. The van der Waals surface area contributed by atoms with Gasteiger partial charge in [-0.05, 0) is 38.2 Å². The lowest BCUT2D eigenvalue weighted by atomic mass is 10.2. The number of anilines is 2. The molecule has 0 spiro atoms. The van der Waals surface area contributed by atoms with Crippen LogP contribution in [0.2, 0.25) is 5.02 Å². The van der Waals surface area contributed by atoms with Crippen molar-refractivity contribution in [3.8, 4) is 11.5 Å². The second-order valence-electron chi connectivity index (χ2n) is 6.18. The number of ether oxygens (including phenoxy) is 2. The van der Waals surface area contributed by atoms with Crippen LogP contribution in [0.1, 0.15) is 6.92 Å². The number of para-hydroxylation sites is 1. The van der Waals surface area contributed by atoms with Crippen LogP contribution in [0.3, 0.4) is 0 Å². The summed E-state index contributed by atoms with van der Waals surface area (Å²) in [4.78, 5) is 26.3. The summed E-state index contributed by atoms with van der Waals surface area (Å²) < 4.78 is 10.5. The molecule has 8 heteroatoms. The molecule has 1 aliphatic rings. The zero-order valence-corrected chi connectivity index (χ0v) is 15.7. The van der Waals surface area contributed by atoms with E-state index in [2.05, 4.69) is 10.6 Å². The molecule has 27 heavy (non-hydrogen) atoms. The number of carbonyl (C=O) groups is 2. The minimum Gasteiger partial charge on any atom is -0.454 e. The second-order valence-corrected chi connectivity index (χ2v) is 6.58. The Hall–Kier alpha value is -2.77. The van der Waals surface area contributed by atoms with Crippen molar-refractivity contribution in [1.29, 1.82) is 0 Å². The monoisotopic (exact) mass is 389 g/mol. The largest absolute Gasteiger partial charge is 0.454 e. The van der Waals surface area contributed by atoms with Gasteiger partial charge in [-0.2, -0.15) is 0 Å². The first-order chi connectivity index (χ1) is 12.9. The molecule has 0 radical (unpaired) electrons. The number of hydrogen-bond acceptors (Lipinski definition) is 5. The maximum atomic E-state index is 12.5. The number of nitrogens with one attached hydrogen (secondary N) is 2. The molecular formula is C19H20ClN3O4. The molecule has 1 heterocycles. The molecule has 0 aromatic heterocycles. The SMILES string of the molecule is C[C@H](C(=O)Nc1ccc2c(c1)OCO2)N(C)CC(=O)Nc1ccccc1Cl. The van der Waals surface area contributed by atoms with E-state index in [1.165, 1.54) is 0 Å². The number of fused-ring (bicyclic) bond motifs is 1. The molecule has 7 nitrogen and oxygen atoms in total. The van der Waals surface area contributed by atoms with E-state index < -0.39 is 6.04 Å². The molecule has 0 aliphatic carbocycles. The fraction of sp³-hybridized carbons (Fsp3) is 0.263. The number of carbonyl (C=O) groups excluding carboxylic acids is 2. The minimum absolute atomic E-state index is 0.0426. The van der Waals surface area contributed by atoms with E-state index in [0.29, 0.717) is 27.9 Å². The molecule has 2 N–H and O–H groups in total. The van der Waals surface area contributed by atoms with Crippen LogP contribution in [-0.2, 0) is 9.59 Å². The van der Waals surface area contributed by atoms with Crippen molar-refractivity contribution in [3.63, 3.8) is 0 Å². The molecule has 0 bridgehead atoms. The van der Waals surface area contributed by atoms with Crippen LogP contribution in [0.4, 0.5) is 11.4 Å². The minimum atomic E-state index is -0.521. The second kappa shape index (κ2) is 8.28. The Morgan fingerprint density at radius 3 is 2.67 bits per heavy atom. The third-order valence-electron chi connectivity index (χ3n) is 4.22. The van der Waals surface area contributed by atoms with E-state index in [1.807, 2.05) is 0 Å². The Bertz CT molecular complexity index is 859. The lowest BCUT2D eigenvalue weighted by Crippen LogP contribution is -2.43. The molecule has 2 amide bonds. The smallest absolute Gasteiger partial charge is 0.241 e. The van der Waals surface area contributed by atoms with E-state index in [-0.39, 0.29) is 25.2 Å². The highest BCUT2D eigenvalue weighted by Gasteiger charge is 2.21. The number of likely N-dealkylation sites (N-methyl/N-ethyl adjacent to an activating group) is 1. The molecule has 0 unspecified atom stereocenters. The van der Waals surface area contributed by atoms with Crippen LogP contribution in [0, 0.1) is 0 Å². The summed E-state index contributed by atoms with van der Waals surface area (Å²) in [6, 6.07) is 11.6. The third-order valence-corrected chi connectivity index (χ3v) is 4.55. The maximum absolute atomic E-state index is 12.5. The number of benzene rings is 2. The molecule has 1 atom stereocenters. The van der Waals surface area contributed by atoms with Crippen molar-refractivity contribution in [2.75, 3.05) is 31.0 Å². The van der Waals surface area contributed by atoms with Crippen LogP contribution in [0.25, 0.3) is 0 Å². The molecule has 0 fully saturated rings. The van der Waals surface area contributed by atoms with Crippen LogP contribution in [0.5, 0.6) is 11.5 Å². The third kappa shape index (κ3) is 4.69. The lowest BCUT2D eigenvalue weighted by molar-refractivity contribution is -0.122. The van der Waals surface area contributed by atoms with Crippen molar-refractivity contribution in [3.05, 3.63) is 47.5 Å². The fourth-order valence-corrected chi connectivity index (χ4v) is 2.72. The van der Waals surface area contributed by atoms with Gasteiger partial charge in [-0.15, -0.1) is 0 Å². The summed E-state index contributed by atoms with van der Waals surface area (Å²) in [5.74, 6) is 0.748. The highest BCUT2D eigenvalue weighted by Crippen LogP contribution is 2.34. The van der Waals surface area contributed by atoms with Gasteiger partial charge in [0, 0.05) is 11.8 Å². The number of rotatable bonds is 6. The molecule has 0 saturated carbocycles. The molecule has 1 aliphatic heterocycles. The fourth-order valence-electron chi connectivity index (χ4n) is 2.54. The van der Waals surface area contributed by atoms with E-state index in [1.54, 1.807) is 61.3 Å². The molecule has 142 valence electrons. The highest BCUT2D eigenvalue weighted by molar-refractivity contribution is 6.33. The average molecular weight is 390 g/mol. The standard InChI is InChI=1S/C19H20ClN3O4/c1-12(19(25)21-13-7-8-16-17(9-13)27-11-26-16)23(2)10-18(24)22-15-6-4-3-5-14(15)20/h3-9,12H,10-11H2,1-2H3,(H,21,25)(H,22,24)/t12-/m1/s1. The van der Waals surface area contributed by atoms with Crippen LogP contribution in [0.15, 0.2) is 42.5 Å². The van der Waals surface area contributed by atoms with Gasteiger partial charge in [0.05, 0.1) is 23.3 Å². The van der Waals surface area contributed by atoms with Crippen molar-refractivity contribution < 1.29 is 19.1 Å². The van der Waals surface area contributed by atoms with E-state index in [9.17, 15) is 9.59 Å². The molecule has 0 saturated heterocycles. The number of hydrogen-bond donors (Lipinski definition) is 2. The van der Waals surface area contributed by atoms with Gasteiger partial charge in [0.2, 0.25) is 18.6 Å². The zero-order chi connectivity index (χ0) is 19.4. The van der Waals surface area contributed by atoms with E-state index >= 15 is 0 Å². The number of halogens is 1. The number of nitrogens with zero attached hydrogens (tertiary/aromatic N) is 1. The Balaban J connectivity index is 1.54. The summed E-state index contributed by atoms with van der Waals surface area (Å²) in [5, 5.41) is 6.01. The molecule has 3 rings (SSSR count). The van der Waals surface area contributed by atoms with Gasteiger partial charge >= 0.3 is 0 Å². The predicted octanol–water partition coefficient (Wildman–Crippen LogP) is 2.97. The van der Waals surface area contributed by atoms with Gasteiger partial charge in [0.1, 0.15) is 0 Å². The molecular weight excluding hydrogens is 370 g/mol. The molecule has 2 aromatic carbocycles. The number of amides is 2. The van der Waals surface area contributed by atoms with Crippen LogP contribution >= 0.6 is 11.6 Å². The Morgan fingerprint density at radius 2 is 1.89 bits per heavy atom. The first-order valence-corrected chi connectivity index (χ1v) is 8.77. The Morgan fingerprint density at radius 1 is 1.15 bits per heavy atom. The van der Waals surface area contributed by atoms with Crippen molar-refractivity contribution in [2.24, 2.45) is 0 Å². The van der Waals surface area contributed by atoms with Gasteiger partial charge in [-0.1, -0.05) is 23.7 Å². The van der Waals surface area contributed by atoms with Gasteiger partial charge in [0.25, 0.3) is 0 Å². The van der Waals surface area contributed by atoms with Gasteiger partial charge < -0.3 is 20.1 Å². The van der Waals surface area contributed by atoms with Crippen LogP contribution < -0.4 is 20.1 Å². The first kappa shape index (κ1) is 19.0. The lowest BCUT2D eigenvalue weighted by Gasteiger charge is -2.23. The van der Waals surface area contributed by atoms with E-state index in [4.69, 9.17) is 21.1 Å². The topological polar surface area (TPSA) is 79.9 Å². The summed E-state index contributed by atoms with van der Waals surface area (Å²) in [6.45, 7) is 1.94. The zero-order valence-electron chi connectivity index (χ0n) is 15.0. The van der Waals surface area contributed by atoms with Crippen molar-refractivity contribution in [2.45, 2.75) is 13.0 Å². The quantitative estimate of drug-likeness (QED) is 0.794. The average Bonchev–Trinajstić information content (AvgIpc) is 3.10. The normalized spacial score (nSPS) is 13.3. The summed E-state index contributed by atoms with van der Waals surface area (Å²) in [7, 11) is 1.70. The van der Waals surface area contributed by atoms with Crippen molar-refractivity contribution >= 4 is 34.8 Å². The Labute approximate surface area is 162 Å².